The lowest BCUT2D eigenvalue weighted by molar-refractivity contribution is 0.0717. The first kappa shape index (κ1) is 15.3. The molecule has 1 N–H and O–H groups in total. The molecule has 2 saturated carbocycles. The van der Waals surface area contributed by atoms with Gasteiger partial charge in [0.2, 0.25) is 0 Å². The van der Waals surface area contributed by atoms with Crippen LogP contribution in [-0.4, -0.2) is 37.1 Å². The van der Waals surface area contributed by atoms with Gasteiger partial charge in [-0.25, -0.2) is 0 Å². The summed E-state index contributed by atoms with van der Waals surface area (Å²) in [5.41, 5.74) is 0.458. The van der Waals surface area contributed by atoms with Crippen molar-refractivity contribution < 1.29 is 0 Å². The molecule has 0 heterocycles. The zero-order chi connectivity index (χ0) is 14.0. The van der Waals surface area contributed by atoms with E-state index in [1.54, 1.807) is 0 Å². The zero-order valence-electron chi connectivity index (χ0n) is 13.7. The van der Waals surface area contributed by atoms with Gasteiger partial charge in [0, 0.05) is 25.2 Å². The van der Waals surface area contributed by atoms with Gasteiger partial charge in [0.15, 0.2) is 0 Å². The number of nitrogens with zero attached hydrogens (tertiary/aromatic N) is 1. The lowest BCUT2D eigenvalue weighted by atomic mass is 9.67. The predicted molar refractivity (Wildman–Crippen MR) is 83.4 cm³/mol. The van der Waals surface area contributed by atoms with Gasteiger partial charge < -0.3 is 10.2 Å². The molecular weight excluding hydrogens is 232 g/mol. The van der Waals surface area contributed by atoms with Crippen molar-refractivity contribution in [3.63, 3.8) is 0 Å². The minimum Gasteiger partial charge on any atom is -0.316 e. The van der Waals surface area contributed by atoms with E-state index in [9.17, 15) is 0 Å². The van der Waals surface area contributed by atoms with E-state index in [1.807, 2.05) is 0 Å². The molecule has 112 valence electrons. The van der Waals surface area contributed by atoms with Gasteiger partial charge in [0.1, 0.15) is 0 Å². The third-order valence-corrected chi connectivity index (χ3v) is 5.41. The third kappa shape index (κ3) is 3.95. The lowest BCUT2D eigenvalue weighted by Gasteiger charge is -2.46. The van der Waals surface area contributed by atoms with Crippen LogP contribution >= 0.6 is 0 Å². The first-order valence-corrected chi connectivity index (χ1v) is 8.35. The fourth-order valence-corrected chi connectivity index (χ4v) is 4.03. The second-order valence-corrected chi connectivity index (χ2v) is 7.90. The van der Waals surface area contributed by atoms with Crippen molar-refractivity contribution in [3.05, 3.63) is 0 Å². The molecule has 2 nitrogen and oxygen atoms in total. The van der Waals surface area contributed by atoms with Crippen molar-refractivity contribution in [2.75, 3.05) is 20.1 Å². The lowest BCUT2D eigenvalue weighted by Crippen LogP contribution is -2.52. The number of nitrogens with one attached hydrogen (secondary N) is 1. The predicted octanol–water partition coefficient (Wildman–Crippen LogP) is 3.52. The molecule has 2 aliphatic carbocycles. The monoisotopic (exact) mass is 266 g/mol. The van der Waals surface area contributed by atoms with Crippen LogP contribution in [0, 0.1) is 17.3 Å². The van der Waals surface area contributed by atoms with Crippen LogP contribution in [-0.2, 0) is 0 Å². The summed E-state index contributed by atoms with van der Waals surface area (Å²) >= 11 is 0. The molecule has 2 atom stereocenters. The van der Waals surface area contributed by atoms with Crippen molar-refractivity contribution in [2.45, 2.75) is 71.9 Å². The fraction of sp³-hybridized carbons (Fsp3) is 1.00. The number of hydrogen-bond acceptors (Lipinski definition) is 2. The summed E-state index contributed by atoms with van der Waals surface area (Å²) in [6, 6.07) is 1.38. The number of rotatable bonds is 6. The Bertz CT molecular complexity index is 281. The SMILES string of the molecule is CNC1C(CN(CC2CC2)C(C)C)CCCC1(C)C. The first-order valence-electron chi connectivity index (χ1n) is 8.35. The van der Waals surface area contributed by atoms with Crippen molar-refractivity contribution in [1.29, 1.82) is 0 Å². The highest BCUT2D eigenvalue weighted by Crippen LogP contribution is 2.40. The summed E-state index contributed by atoms with van der Waals surface area (Å²) in [5, 5.41) is 3.63. The quantitative estimate of drug-likeness (QED) is 0.791. The molecule has 0 aromatic rings. The molecule has 0 aliphatic heterocycles. The van der Waals surface area contributed by atoms with Gasteiger partial charge in [-0.2, -0.15) is 0 Å². The van der Waals surface area contributed by atoms with Crippen molar-refractivity contribution >= 4 is 0 Å². The van der Waals surface area contributed by atoms with E-state index < -0.39 is 0 Å². The Hall–Kier alpha value is -0.0800. The molecule has 2 unspecified atom stereocenters. The maximum atomic E-state index is 3.63. The van der Waals surface area contributed by atoms with Gasteiger partial charge in [-0.1, -0.05) is 20.3 Å². The summed E-state index contributed by atoms with van der Waals surface area (Å²) in [4.78, 5) is 2.74. The standard InChI is InChI=1S/C17H34N2/c1-13(2)19(11-14-8-9-14)12-15-7-6-10-17(3,4)16(15)18-5/h13-16,18H,6-12H2,1-5H3. The van der Waals surface area contributed by atoms with E-state index in [0.29, 0.717) is 17.5 Å². The summed E-state index contributed by atoms with van der Waals surface area (Å²) in [5.74, 6) is 1.84. The molecule has 2 fully saturated rings. The Morgan fingerprint density at radius 3 is 2.37 bits per heavy atom. The minimum absolute atomic E-state index is 0.458. The van der Waals surface area contributed by atoms with Crippen LogP contribution in [0.3, 0.4) is 0 Å². The van der Waals surface area contributed by atoms with E-state index in [1.165, 1.54) is 45.2 Å². The highest BCUT2D eigenvalue weighted by Gasteiger charge is 2.39. The molecule has 0 bridgehead atoms. The van der Waals surface area contributed by atoms with E-state index in [4.69, 9.17) is 0 Å². The minimum atomic E-state index is 0.458. The Kier molecular flexibility index (Phi) is 4.94. The van der Waals surface area contributed by atoms with Crippen molar-refractivity contribution in [1.82, 2.24) is 10.2 Å². The van der Waals surface area contributed by atoms with Gasteiger partial charge >= 0.3 is 0 Å². The largest absolute Gasteiger partial charge is 0.316 e. The maximum Gasteiger partial charge on any atom is 0.0156 e. The molecule has 0 aromatic carbocycles. The third-order valence-electron chi connectivity index (χ3n) is 5.41. The first-order chi connectivity index (χ1) is 8.94. The van der Waals surface area contributed by atoms with E-state index >= 15 is 0 Å². The molecule has 0 saturated heterocycles. The van der Waals surface area contributed by atoms with Crippen LogP contribution in [0.25, 0.3) is 0 Å². The fourth-order valence-electron chi connectivity index (χ4n) is 4.03. The second-order valence-electron chi connectivity index (χ2n) is 7.90. The van der Waals surface area contributed by atoms with Crippen LogP contribution in [0.15, 0.2) is 0 Å². The van der Waals surface area contributed by atoms with Gasteiger partial charge in [-0.3, -0.25) is 0 Å². The van der Waals surface area contributed by atoms with Crippen LogP contribution in [0.5, 0.6) is 0 Å². The molecule has 0 amide bonds. The Labute approximate surface area is 120 Å². The van der Waals surface area contributed by atoms with E-state index in [0.717, 1.165) is 11.8 Å². The maximum absolute atomic E-state index is 3.63. The second kappa shape index (κ2) is 6.13. The van der Waals surface area contributed by atoms with Gasteiger partial charge in [-0.15, -0.1) is 0 Å². The van der Waals surface area contributed by atoms with Crippen LogP contribution in [0.4, 0.5) is 0 Å². The average molecular weight is 266 g/mol. The molecule has 0 aromatic heterocycles. The molecule has 19 heavy (non-hydrogen) atoms. The highest BCUT2D eigenvalue weighted by atomic mass is 15.2. The van der Waals surface area contributed by atoms with Crippen molar-refractivity contribution in [3.8, 4) is 0 Å². The molecular formula is C17H34N2. The highest BCUT2D eigenvalue weighted by molar-refractivity contribution is 4.94. The molecule has 2 heteroatoms. The van der Waals surface area contributed by atoms with Gasteiger partial charge in [-0.05, 0) is 63.8 Å². The van der Waals surface area contributed by atoms with E-state index in [2.05, 4.69) is 45.0 Å². The Morgan fingerprint density at radius 2 is 1.84 bits per heavy atom. The topological polar surface area (TPSA) is 15.3 Å². The van der Waals surface area contributed by atoms with Crippen LogP contribution in [0.2, 0.25) is 0 Å². The average Bonchev–Trinajstić information content (AvgIpc) is 3.11. The smallest absolute Gasteiger partial charge is 0.0156 e. The summed E-state index contributed by atoms with van der Waals surface area (Å²) in [6.07, 6.45) is 7.12. The summed E-state index contributed by atoms with van der Waals surface area (Å²) in [7, 11) is 2.16. The van der Waals surface area contributed by atoms with E-state index in [-0.39, 0.29) is 0 Å². The zero-order valence-corrected chi connectivity index (χ0v) is 13.7. The molecule has 0 radical (unpaired) electrons. The van der Waals surface area contributed by atoms with Gasteiger partial charge in [0.25, 0.3) is 0 Å². The molecule has 2 aliphatic rings. The molecule has 0 spiro atoms. The Morgan fingerprint density at radius 1 is 1.16 bits per heavy atom. The molecule has 2 rings (SSSR count). The Balaban J connectivity index is 1.97. The summed E-state index contributed by atoms with van der Waals surface area (Å²) in [6.45, 7) is 12.3. The van der Waals surface area contributed by atoms with Crippen LogP contribution in [0.1, 0.15) is 59.8 Å². The van der Waals surface area contributed by atoms with Crippen molar-refractivity contribution in [2.24, 2.45) is 17.3 Å². The van der Waals surface area contributed by atoms with Crippen LogP contribution < -0.4 is 5.32 Å². The normalized spacial score (nSPS) is 31.1. The number of hydrogen-bond donors (Lipinski definition) is 1. The van der Waals surface area contributed by atoms with Gasteiger partial charge in [0.05, 0.1) is 0 Å². The summed E-state index contributed by atoms with van der Waals surface area (Å²) < 4.78 is 0.